The first kappa shape index (κ1) is 23.5. The van der Waals surface area contributed by atoms with Gasteiger partial charge in [0, 0.05) is 12.1 Å². The van der Waals surface area contributed by atoms with Crippen molar-refractivity contribution < 1.29 is 19.4 Å². The van der Waals surface area contributed by atoms with Crippen molar-refractivity contribution in [2.45, 2.75) is 39.3 Å². The highest BCUT2D eigenvalue weighted by atomic mass is 16.5. The fourth-order valence-electron chi connectivity index (χ4n) is 4.04. The van der Waals surface area contributed by atoms with E-state index in [0.717, 1.165) is 24.1 Å². The van der Waals surface area contributed by atoms with Gasteiger partial charge in [-0.1, -0.05) is 30.3 Å². The molecular weight excluding hydrogens is 404 g/mol. The summed E-state index contributed by atoms with van der Waals surface area (Å²) in [4.78, 5) is 29.7. The number of ketones is 1. The molecule has 1 saturated heterocycles. The van der Waals surface area contributed by atoms with Gasteiger partial charge in [-0.15, -0.1) is 0 Å². The monoisotopic (exact) mass is 436 g/mol. The molecule has 2 aromatic carbocycles. The Balaban J connectivity index is 2.06. The number of carbonyl (C=O) groups is 2. The number of rotatable bonds is 8. The van der Waals surface area contributed by atoms with Gasteiger partial charge in [0.1, 0.15) is 11.5 Å². The molecule has 6 nitrogen and oxygen atoms in total. The van der Waals surface area contributed by atoms with Crippen LogP contribution in [0.2, 0.25) is 0 Å². The number of likely N-dealkylation sites (tertiary alicyclic amines) is 1. The molecule has 1 aliphatic rings. The fraction of sp³-hybridized carbons (Fsp3) is 0.385. The molecule has 1 N–H and O–H groups in total. The molecule has 170 valence electrons. The predicted octanol–water partition coefficient (Wildman–Crippen LogP) is 4.16. The summed E-state index contributed by atoms with van der Waals surface area (Å²) in [5, 5.41) is 11.3. The fourth-order valence-corrected chi connectivity index (χ4v) is 4.04. The Hall–Kier alpha value is -3.12. The van der Waals surface area contributed by atoms with Crippen molar-refractivity contribution >= 4 is 17.4 Å². The van der Waals surface area contributed by atoms with Gasteiger partial charge in [0.05, 0.1) is 17.7 Å². The normalized spacial score (nSPS) is 18.1. The number of Topliss-reactive ketones (excluding diaryl/α,β-unsaturated/α-hetero) is 1. The zero-order valence-corrected chi connectivity index (χ0v) is 19.5. The summed E-state index contributed by atoms with van der Waals surface area (Å²) in [6.45, 7) is 6.97. The van der Waals surface area contributed by atoms with E-state index in [4.69, 9.17) is 4.74 Å². The highest BCUT2D eigenvalue weighted by molar-refractivity contribution is 6.46. The van der Waals surface area contributed by atoms with Gasteiger partial charge in [0.15, 0.2) is 0 Å². The lowest BCUT2D eigenvalue weighted by Gasteiger charge is -2.26. The van der Waals surface area contributed by atoms with E-state index in [0.29, 0.717) is 17.9 Å². The van der Waals surface area contributed by atoms with Gasteiger partial charge in [-0.05, 0) is 77.2 Å². The van der Waals surface area contributed by atoms with Gasteiger partial charge >= 0.3 is 0 Å². The molecule has 32 heavy (non-hydrogen) atoms. The second-order valence-electron chi connectivity index (χ2n) is 8.70. The minimum absolute atomic E-state index is 0.0272. The van der Waals surface area contributed by atoms with Crippen LogP contribution in [0.3, 0.4) is 0 Å². The third kappa shape index (κ3) is 5.02. The van der Waals surface area contributed by atoms with Crippen LogP contribution in [0.4, 0.5) is 0 Å². The molecule has 1 heterocycles. The van der Waals surface area contributed by atoms with Gasteiger partial charge in [0.25, 0.3) is 11.7 Å². The molecule has 6 heteroatoms. The van der Waals surface area contributed by atoms with Crippen molar-refractivity contribution in [3.8, 4) is 5.75 Å². The topological polar surface area (TPSA) is 70.1 Å². The number of ether oxygens (including phenoxy) is 1. The Kier molecular flexibility index (Phi) is 7.36. The molecule has 0 saturated carbocycles. The zero-order valence-electron chi connectivity index (χ0n) is 19.5. The van der Waals surface area contributed by atoms with Crippen LogP contribution in [0.15, 0.2) is 54.1 Å². The number of nitrogens with zero attached hydrogens (tertiary/aromatic N) is 2. The predicted molar refractivity (Wildman–Crippen MR) is 126 cm³/mol. The quantitative estimate of drug-likeness (QED) is 0.382. The molecule has 0 radical (unpaired) electrons. The van der Waals surface area contributed by atoms with Crippen molar-refractivity contribution in [2.24, 2.45) is 0 Å². The van der Waals surface area contributed by atoms with E-state index in [1.165, 1.54) is 0 Å². The number of hydrogen-bond acceptors (Lipinski definition) is 5. The summed E-state index contributed by atoms with van der Waals surface area (Å²) in [5.74, 6) is -0.682. The number of hydrogen-bond donors (Lipinski definition) is 1. The standard InChI is InChI=1S/C26H32N2O4/c1-17(2)32-20-12-13-21(18(3)16-20)24(29)22-23(19-10-7-6-8-11-19)28(26(31)25(22)30)15-9-14-27(4)5/h6-8,10-13,16-17,23,29H,9,14-15H2,1-5H3/b24-22+/t23-/m1/s1. The SMILES string of the molecule is Cc1cc(OC(C)C)ccc1/C(O)=C1\C(=O)C(=O)N(CCCN(C)C)[C@@H]1c1ccccc1. The molecule has 0 spiro atoms. The first-order valence-corrected chi connectivity index (χ1v) is 11.0. The molecule has 3 rings (SSSR count). The molecular formula is C26H32N2O4. The van der Waals surface area contributed by atoms with E-state index < -0.39 is 17.7 Å². The summed E-state index contributed by atoms with van der Waals surface area (Å²) in [6.07, 6.45) is 0.753. The van der Waals surface area contributed by atoms with E-state index >= 15 is 0 Å². The number of aliphatic hydroxyl groups is 1. The van der Waals surface area contributed by atoms with Crippen LogP contribution in [0.1, 0.15) is 43.0 Å². The minimum Gasteiger partial charge on any atom is -0.507 e. The van der Waals surface area contributed by atoms with Crippen LogP contribution in [0.25, 0.3) is 5.76 Å². The summed E-state index contributed by atoms with van der Waals surface area (Å²) in [7, 11) is 3.94. The van der Waals surface area contributed by atoms with E-state index in [-0.39, 0.29) is 17.4 Å². The Bertz CT molecular complexity index is 1010. The molecule has 1 atom stereocenters. The molecule has 1 amide bonds. The molecule has 0 unspecified atom stereocenters. The second kappa shape index (κ2) is 10.0. The average molecular weight is 437 g/mol. The lowest BCUT2D eigenvalue weighted by molar-refractivity contribution is -0.139. The highest BCUT2D eigenvalue weighted by Gasteiger charge is 2.45. The van der Waals surface area contributed by atoms with E-state index in [9.17, 15) is 14.7 Å². The van der Waals surface area contributed by atoms with Gasteiger partial charge < -0.3 is 19.6 Å². The van der Waals surface area contributed by atoms with Gasteiger partial charge in [-0.25, -0.2) is 0 Å². The highest BCUT2D eigenvalue weighted by Crippen LogP contribution is 2.40. The van der Waals surface area contributed by atoms with E-state index in [1.54, 1.807) is 17.0 Å². The maximum absolute atomic E-state index is 13.1. The average Bonchev–Trinajstić information content (AvgIpc) is 2.98. The Morgan fingerprint density at radius 3 is 2.41 bits per heavy atom. The van der Waals surface area contributed by atoms with Crippen LogP contribution in [-0.4, -0.2) is 59.9 Å². The molecule has 2 aromatic rings. The van der Waals surface area contributed by atoms with Crippen molar-refractivity contribution in [3.05, 3.63) is 70.8 Å². The largest absolute Gasteiger partial charge is 0.507 e. The number of amides is 1. The van der Waals surface area contributed by atoms with Gasteiger partial charge in [-0.3, -0.25) is 9.59 Å². The van der Waals surface area contributed by atoms with Crippen molar-refractivity contribution in [3.63, 3.8) is 0 Å². The first-order chi connectivity index (χ1) is 15.2. The van der Waals surface area contributed by atoms with Crippen LogP contribution in [0, 0.1) is 6.92 Å². The zero-order chi connectivity index (χ0) is 23.4. The van der Waals surface area contributed by atoms with Crippen molar-refractivity contribution in [2.75, 3.05) is 27.2 Å². The van der Waals surface area contributed by atoms with Crippen LogP contribution < -0.4 is 4.74 Å². The summed E-state index contributed by atoms with van der Waals surface area (Å²) in [5.41, 5.74) is 2.22. The minimum atomic E-state index is -0.650. The lowest BCUT2D eigenvalue weighted by Crippen LogP contribution is -2.32. The molecule has 0 aromatic heterocycles. The van der Waals surface area contributed by atoms with E-state index in [2.05, 4.69) is 0 Å². The number of aryl methyl sites for hydroxylation is 1. The maximum Gasteiger partial charge on any atom is 0.295 e. The summed E-state index contributed by atoms with van der Waals surface area (Å²) < 4.78 is 5.73. The molecule has 1 aliphatic heterocycles. The third-order valence-corrected chi connectivity index (χ3v) is 5.48. The van der Waals surface area contributed by atoms with Crippen molar-refractivity contribution in [1.29, 1.82) is 0 Å². The van der Waals surface area contributed by atoms with Crippen LogP contribution in [-0.2, 0) is 9.59 Å². The van der Waals surface area contributed by atoms with Crippen LogP contribution in [0.5, 0.6) is 5.75 Å². The summed E-state index contributed by atoms with van der Waals surface area (Å²) >= 11 is 0. The smallest absolute Gasteiger partial charge is 0.295 e. The Morgan fingerprint density at radius 1 is 1.12 bits per heavy atom. The van der Waals surface area contributed by atoms with Crippen molar-refractivity contribution in [1.82, 2.24) is 9.80 Å². The van der Waals surface area contributed by atoms with Crippen LogP contribution >= 0.6 is 0 Å². The number of benzene rings is 2. The van der Waals surface area contributed by atoms with Gasteiger partial charge in [-0.2, -0.15) is 0 Å². The third-order valence-electron chi connectivity index (χ3n) is 5.48. The first-order valence-electron chi connectivity index (χ1n) is 11.0. The van der Waals surface area contributed by atoms with Gasteiger partial charge in [0.2, 0.25) is 0 Å². The second-order valence-corrected chi connectivity index (χ2v) is 8.70. The number of aliphatic hydroxyl groups excluding tert-OH is 1. The Labute approximate surface area is 190 Å². The Morgan fingerprint density at radius 2 is 1.81 bits per heavy atom. The summed E-state index contributed by atoms with van der Waals surface area (Å²) in [6, 6.07) is 14.1. The maximum atomic E-state index is 13.1. The number of carbonyl (C=O) groups excluding carboxylic acids is 2. The van der Waals surface area contributed by atoms with E-state index in [1.807, 2.05) is 76.2 Å². The molecule has 0 bridgehead atoms. The lowest BCUT2D eigenvalue weighted by atomic mass is 9.94. The molecule has 1 fully saturated rings. The molecule has 0 aliphatic carbocycles.